The number of thiazole rings is 1. The first kappa shape index (κ1) is 15.2. The average Bonchev–Trinajstić information content (AvgIpc) is 3.30. The first-order chi connectivity index (χ1) is 11.7. The molecule has 3 aromatic rings. The largest absolute Gasteiger partial charge is 0.380 e. The molecule has 0 radical (unpaired) electrons. The molecule has 0 spiro atoms. The Bertz CT molecular complexity index is 857. The number of carbonyl (C=O) groups excluding carboxylic acids is 1. The Balaban J connectivity index is 1.67. The van der Waals surface area contributed by atoms with Crippen molar-refractivity contribution in [3.63, 3.8) is 0 Å². The summed E-state index contributed by atoms with van der Waals surface area (Å²) in [5.74, 6) is 0.872. The molecule has 1 aromatic carbocycles. The van der Waals surface area contributed by atoms with E-state index in [9.17, 15) is 4.79 Å². The van der Waals surface area contributed by atoms with Gasteiger partial charge in [0.15, 0.2) is 10.8 Å². The van der Waals surface area contributed by atoms with Crippen LogP contribution in [-0.4, -0.2) is 45.7 Å². The lowest BCUT2D eigenvalue weighted by atomic mass is 10.2. The van der Waals surface area contributed by atoms with Crippen LogP contribution in [0, 0.1) is 6.92 Å². The van der Waals surface area contributed by atoms with E-state index in [0.29, 0.717) is 29.7 Å². The van der Waals surface area contributed by atoms with Crippen LogP contribution in [0.1, 0.15) is 34.0 Å². The molecule has 8 heteroatoms. The Morgan fingerprint density at radius 1 is 1.38 bits per heavy atom. The molecule has 2 atom stereocenters. The molecule has 7 nitrogen and oxygen atoms in total. The van der Waals surface area contributed by atoms with Gasteiger partial charge in [0, 0.05) is 20.1 Å². The first-order valence-corrected chi connectivity index (χ1v) is 8.47. The highest BCUT2D eigenvalue weighted by Crippen LogP contribution is 2.34. The van der Waals surface area contributed by atoms with Crippen LogP contribution in [0.25, 0.3) is 10.2 Å². The van der Waals surface area contributed by atoms with Crippen molar-refractivity contribution in [1.82, 2.24) is 20.0 Å². The third-order valence-electron chi connectivity index (χ3n) is 4.16. The predicted octanol–water partition coefficient (Wildman–Crippen LogP) is 2.59. The van der Waals surface area contributed by atoms with Crippen LogP contribution in [0.5, 0.6) is 0 Å². The summed E-state index contributed by atoms with van der Waals surface area (Å²) < 4.78 is 11.7. The number of methoxy groups -OCH3 is 1. The van der Waals surface area contributed by atoms with Gasteiger partial charge in [-0.25, -0.2) is 4.98 Å². The van der Waals surface area contributed by atoms with E-state index in [2.05, 4.69) is 15.1 Å². The van der Waals surface area contributed by atoms with Crippen LogP contribution >= 0.6 is 11.3 Å². The maximum Gasteiger partial charge on any atom is 0.283 e. The van der Waals surface area contributed by atoms with Gasteiger partial charge in [-0.1, -0.05) is 17.3 Å². The predicted molar refractivity (Wildman–Crippen MR) is 87.8 cm³/mol. The lowest BCUT2D eigenvalue weighted by Crippen LogP contribution is -2.32. The minimum atomic E-state index is -0.282. The van der Waals surface area contributed by atoms with Crippen molar-refractivity contribution in [3.05, 3.63) is 41.0 Å². The minimum absolute atomic E-state index is 0.0551. The summed E-state index contributed by atoms with van der Waals surface area (Å²) in [5, 5.41) is 4.30. The molecule has 1 aliphatic rings. The third kappa shape index (κ3) is 2.57. The lowest BCUT2D eigenvalue weighted by molar-refractivity contribution is 0.0670. The number of aryl methyl sites for hydroxylation is 1. The number of para-hydroxylation sites is 1. The fourth-order valence-electron chi connectivity index (χ4n) is 2.96. The SMILES string of the molecule is CO[C@@H]1C[C@H](c2nc(C)no2)N(C(=O)c2nc3ccccc3s2)C1. The number of benzene rings is 1. The van der Waals surface area contributed by atoms with E-state index in [1.54, 1.807) is 18.9 Å². The van der Waals surface area contributed by atoms with Crippen molar-refractivity contribution in [3.8, 4) is 0 Å². The van der Waals surface area contributed by atoms with Gasteiger partial charge in [-0.2, -0.15) is 4.98 Å². The van der Waals surface area contributed by atoms with E-state index in [0.717, 1.165) is 10.2 Å². The van der Waals surface area contributed by atoms with E-state index in [-0.39, 0.29) is 18.1 Å². The summed E-state index contributed by atoms with van der Waals surface area (Å²) >= 11 is 1.39. The fourth-order valence-corrected chi connectivity index (χ4v) is 3.88. The highest BCUT2D eigenvalue weighted by Gasteiger charge is 2.40. The molecule has 0 saturated carbocycles. The van der Waals surface area contributed by atoms with Crippen LogP contribution in [-0.2, 0) is 4.74 Å². The lowest BCUT2D eigenvalue weighted by Gasteiger charge is -2.20. The summed E-state index contributed by atoms with van der Waals surface area (Å²) in [5.41, 5.74) is 0.832. The van der Waals surface area contributed by atoms with Crippen molar-refractivity contribution < 1.29 is 14.1 Å². The molecule has 24 heavy (non-hydrogen) atoms. The zero-order valence-corrected chi connectivity index (χ0v) is 14.1. The molecule has 1 saturated heterocycles. The second-order valence-electron chi connectivity index (χ2n) is 5.73. The van der Waals surface area contributed by atoms with Gasteiger partial charge in [0.25, 0.3) is 5.91 Å². The van der Waals surface area contributed by atoms with Crippen LogP contribution in [0.3, 0.4) is 0 Å². The second-order valence-corrected chi connectivity index (χ2v) is 6.76. The quantitative estimate of drug-likeness (QED) is 0.726. The third-order valence-corrected chi connectivity index (χ3v) is 5.19. The number of fused-ring (bicyclic) bond motifs is 1. The molecule has 124 valence electrons. The van der Waals surface area contributed by atoms with Crippen molar-refractivity contribution in [2.75, 3.05) is 13.7 Å². The molecule has 3 heterocycles. The van der Waals surface area contributed by atoms with Crippen molar-refractivity contribution in [1.29, 1.82) is 0 Å². The molecular formula is C16H16N4O3S. The standard InChI is InChI=1S/C16H16N4O3S/c1-9-17-14(23-19-9)12-7-10(22-2)8-20(12)16(21)15-18-11-5-3-4-6-13(11)24-15/h3-6,10,12H,7-8H2,1-2H3/t10-,12-/m1/s1. The first-order valence-electron chi connectivity index (χ1n) is 7.65. The van der Waals surface area contributed by atoms with Gasteiger partial charge in [-0.15, -0.1) is 11.3 Å². The van der Waals surface area contributed by atoms with Gasteiger partial charge in [0.05, 0.1) is 16.3 Å². The van der Waals surface area contributed by atoms with Crippen molar-refractivity contribution in [2.45, 2.75) is 25.5 Å². The van der Waals surface area contributed by atoms with Crippen molar-refractivity contribution >= 4 is 27.5 Å². The number of hydrogen-bond acceptors (Lipinski definition) is 7. The molecule has 1 amide bonds. The van der Waals surface area contributed by atoms with Crippen molar-refractivity contribution in [2.24, 2.45) is 0 Å². The zero-order chi connectivity index (χ0) is 16.7. The number of carbonyl (C=O) groups is 1. The van der Waals surface area contributed by atoms with Gasteiger partial charge in [-0.05, 0) is 19.1 Å². The summed E-state index contributed by atoms with van der Waals surface area (Å²) in [6, 6.07) is 7.44. The smallest absolute Gasteiger partial charge is 0.283 e. The zero-order valence-electron chi connectivity index (χ0n) is 13.3. The van der Waals surface area contributed by atoms with Crippen LogP contribution < -0.4 is 0 Å². The molecule has 1 fully saturated rings. The molecule has 0 unspecified atom stereocenters. The highest BCUT2D eigenvalue weighted by molar-refractivity contribution is 7.20. The second kappa shape index (κ2) is 5.95. The number of rotatable bonds is 3. The van der Waals surface area contributed by atoms with Gasteiger partial charge in [0.2, 0.25) is 5.89 Å². The summed E-state index contributed by atoms with van der Waals surface area (Å²) in [4.78, 5) is 23.5. The maximum absolute atomic E-state index is 13.0. The van der Waals surface area contributed by atoms with Gasteiger partial charge in [-0.3, -0.25) is 4.79 Å². The van der Waals surface area contributed by atoms with E-state index in [1.165, 1.54) is 11.3 Å². The number of ether oxygens (including phenoxy) is 1. The molecule has 0 bridgehead atoms. The van der Waals surface area contributed by atoms with E-state index in [1.807, 2.05) is 24.3 Å². The average molecular weight is 344 g/mol. The molecule has 2 aromatic heterocycles. The molecular weight excluding hydrogens is 328 g/mol. The Hall–Kier alpha value is -2.32. The number of amides is 1. The Kier molecular flexibility index (Phi) is 3.78. The Morgan fingerprint density at radius 2 is 2.21 bits per heavy atom. The minimum Gasteiger partial charge on any atom is -0.380 e. The van der Waals surface area contributed by atoms with Gasteiger partial charge in [0.1, 0.15) is 6.04 Å². The van der Waals surface area contributed by atoms with Gasteiger partial charge < -0.3 is 14.2 Å². The maximum atomic E-state index is 13.0. The number of nitrogens with zero attached hydrogens (tertiary/aromatic N) is 4. The van der Waals surface area contributed by atoms with E-state index >= 15 is 0 Å². The molecule has 4 rings (SSSR count). The highest BCUT2D eigenvalue weighted by atomic mass is 32.1. The Morgan fingerprint density at radius 3 is 2.92 bits per heavy atom. The summed E-state index contributed by atoms with van der Waals surface area (Å²) in [6.07, 6.45) is 0.579. The van der Waals surface area contributed by atoms with Crippen LogP contribution in [0.2, 0.25) is 0 Å². The molecule has 0 N–H and O–H groups in total. The summed E-state index contributed by atoms with van der Waals surface area (Å²) in [7, 11) is 1.65. The van der Waals surface area contributed by atoms with Crippen LogP contribution in [0.4, 0.5) is 0 Å². The van der Waals surface area contributed by atoms with E-state index in [4.69, 9.17) is 9.26 Å². The monoisotopic (exact) mass is 344 g/mol. The molecule has 0 aliphatic carbocycles. The topological polar surface area (TPSA) is 81.4 Å². The number of likely N-dealkylation sites (tertiary alicyclic amines) is 1. The van der Waals surface area contributed by atoms with E-state index < -0.39 is 0 Å². The van der Waals surface area contributed by atoms with Gasteiger partial charge >= 0.3 is 0 Å². The number of hydrogen-bond donors (Lipinski definition) is 0. The molecule has 1 aliphatic heterocycles. The summed E-state index contributed by atoms with van der Waals surface area (Å²) in [6.45, 7) is 2.24. The Labute approximate surface area is 142 Å². The fraction of sp³-hybridized carbons (Fsp3) is 0.375. The number of aromatic nitrogens is 3. The normalized spacial score (nSPS) is 20.8. The van der Waals surface area contributed by atoms with Crippen LogP contribution in [0.15, 0.2) is 28.8 Å².